The molecule has 0 saturated heterocycles. The van der Waals surface area contributed by atoms with Crippen molar-refractivity contribution in [3.05, 3.63) is 29.8 Å². The fraction of sp³-hybridized carbons (Fsp3) is 0.588. The van der Waals surface area contributed by atoms with E-state index in [4.69, 9.17) is 10.00 Å². The van der Waals surface area contributed by atoms with Crippen molar-refractivity contribution in [3.8, 4) is 11.8 Å². The highest BCUT2D eigenvalue weighted by Gasteiger charge is 2.21. The van der Waals surface area contributed by atoms with Gasteiger partial charge in [-0.05, 0) is 61.8 Å². The van der Waals surface area contributed by atoms with Gasteiger partial charge in [0.05, 0.1) is 18.2 Å². The zero-order chi connectivity index (χ0) is 14.2. The molecule has 20 heavy (non-hydrogen) atoms. The van der Waals surface area contributed by atoms with Gasteiger partial charge in [0, 0.05) is 5.33 Å². The Balaban J connectivity index is 1.69. The Hall–Kier alpha value is -1.01. The van der Waals surface area contributed by atoms with Crippen LogP contribution >= 0.6 is 15.9 Å². The summed E-state index contributed by atoms with van der Waals surface area (Å²) < 4.78 is 5.84. The van der Waals surface area contributed by atoms with Crippen molar-refractivity contribution in [2.24, 2.45) is 11.8 Å². The zero-order valence-corrected chi connectivity index (χ0v) is 13.4. The lowest BCUT2D eigenvalue weighted by atomic mass is 9.80. The third-order valence-corrected chi connectivity index (χ3v) is 4.74. The van der Waals surface area contributed by atoms with E-state index < -0.39 is 0 Å². The van der Waals surface area contributed by atoms with Gasteiger partial charge in [-0.2, -0.15) is 5.26 Å². The molecule has 1 aromatic carbocycles. The van der Waals surface area contributed by atoms with Crippen molar-refractivity contribution >= 4 is 15.9 Å². The largest absolute Gasteiger partial charge is 0.493 e. The predicted octanol–water partition coefficient (Wildman–Crippen LogP) is 4.92. The molecule has 3 heteroatoms. The van der Waals surface area contributed by atoms with Gasteiger partial charge in [-0.15, -0.1) is 0 Å². The Bertz CT molecular complexity index is 429. The van der Waals surface area contributed by atoms with Crippen LogP contribution in [0.3, 0.4) is 0 Å². The molecule has 0 radical (unpaired) electrons. The maximum atomic E-state index is 8.75. The highest BCUT2D eigenvalue weighted by molar-refractivity contribution is 9.09. The first-order valence-corrected chi connectivity index (χ1v) is 8.63. The highest BCUT2D eigenvalue weighted by Crippen LogP contribution is 2.32. The summed E-state index contributed by atoms with van der Waals surface area (Å²) in [5.41, 5.74) is 0.685. The Morgan fingerprint density at radius 3 is 2.35 bits per heavy atom. The van der Waals surface area contributed by atoms with Gasteiger partial charge in [-0.1, -0.05) is 28.8 Å². The van der Waals surface area contributed by atoms with Gasteiger partial charge in [0.2, 0.25) is 0 Å². The summed E-state index contributed by atoms with van der Waals surface area (Å²) in [4.78, 5) is 0. The number of halogens is 1. The van der Waals surface area contributed by atoms with E-state index in [-0.39, 0.29) is 0 Å². The Morgan fingerprint density at radius 1 is 1.10 bits per heavy atom. The van der Waals surface area contributed by atoms with E-state index in [0.29, 0.717) is 11.5 Å². The topological polar surface area (TPSA) is 33.0 Å². The molecule has 0 aromatic heterocycles. The fourth-order valence-electron chi connectivity index (χ4n) is 2.89. The van der Waals surface area contributed by atoms with Crippen LogP contribution in [0, 0.1) is 23.2 Å². The second kappa shape index (κ2) is 8.32. The smallest absolute Gasteiger partial charge is 0.119 e. The van der Waals surface area contributed by atoms with E-state index in [1.54, 1.807) is 0 Å². The molecule has 2 rings (SSSR count). The molecular weight excluding hydrogens is 314 g/mol. The number of hydrogen-bond donors (Lipinski definition) is 0. The van der Waals surface area contributed by atoms with Crippen molar-refractivity contribution in [1.29, 1.82) is 5.26 Å². The van der Waals surface area contributed by atoms with Crippen molar-refractivity contribution in [2.75, 3.05) is 11.9 Å². The van der Waals surface area contributed by atoms with E-state index in [2.05, 4.69) is 22.0 Å². The lowest BCUT2D eigenvalue weighted by molar-refractivity contribution is 0.179. The number of rotatable bonds is 6. The Morgan fingerprint density at radius 2 is 1.75 bits per heavy atom. The van der Waals surface area contributed by atoms with Crippen molar-refractivity contribution < 1.29 is 4.74 Å². The number of alkyl halides is 1. The monoisotopic (exact) mass is 335 g/mol. The molecule has 0 amide bonds. The standard InChI is InChI=1S/C17H22BrNO/c18-11-1-2-14-3-5-16(6-4-14)13-20-17-9-7-15(12-19)8-10-17/h7-10,14,16H,1-6,11,13H2/t14-,16-. The van der Waals surface area contributed by atoms with E-state index in [9.17, 15) is 0 Å². The van der Waals surface area contributed by atoms with Crippen LogP contribution in [-0.4, -0.2) is 11.9 Å². The van der Waals surface area contributed by atoms with Crippen LogP contribution in [0.4, 0.5) is 0 Å². The van der Waals surface area contributed by atoms with Crippen molar-refractivity contribution in [2.45, 2.75) is 38.5 Å². The number of ether oxygens (including phenoxy) is 1. The molecule has 1 aliphatic rings. The van der Waals surface area contributed by atoms with E-state index in [0.717, 1.165) is 23.6 Å². The molecule has 2 nitrogen and oxygen atoms in total. The maximum absolute atomic E-state index is 8.75. The average Bonchev–Trinajstić information content (AvgIpc) is 2.52. The van der Waals surface area contributed by atoms with Gasteiger partial charge in [-0.25, -0.2) is 0 Å². The second-order valence-electron chi connectivity index (χ2n) is 5.67. The lowest BCUT2D eigenvalue weighted by Crippen LogP contribution is -2.20. The third-order valence-electron chi connectivity index (χ3n) is 4.18. The van der Waals surface area contributed by atoms with Gasteiger partial charge < -0.3 is 4.74 Å². The first kappa shape index (κ1) is 15.4. The van der Waals surface area contributed by atoms with E-state index >= 15 is 0 Å². The van der Waals surface area contributed by atoms with Crippen molar-refractivity contribution in [3.63, 3.8) is 0 Å². The van der Waals surface area contributed by atoms with Crippen LogP contribution in [0.2, 0.25) is 0 Å². The summed E-state index contributed by atoms with van der Waals surface area (Å²) in [5, 5.41) is 9.89. The molecule has 0 aliphatic heterocycles. The fourth-order valence-corrected chi connectivity index (χ4v) is 3.22. The molecule has 0 bridgehead atoms. The molecule has 0 spiro atoms. The number of nitrogens with zero attached hydrogens (tertiary/aromatic N) is 1. The summed E-state index contributed by atoms with van der Waals surface area (Å²) >= 11 is 3.51. The molecule has 0 N–H and O–H groups in total. The third kappa shape index (κ3) is 4.83. The minimum atomic E-state index is 0.685. The Kier molecular flexibility index (Phi) is 6.39. The summed E-state index contributed by atoms with van der Waals surface area (Å²) in [6.45, 7) is 0.817. The first-order chi connectivity index (χ1) is 9.81. The number of hydrogen-bond acceptors (Lipinski definition) is 2. The molecule has 108 valence electrons. The molecule has 0 unspecified atom stereocenters. The first-order valence-electron chi connectivity index (χ1n) is 7.50. The lowest BCUT2D eigenvalue weighted by Gasteiger charge is -2.28. The van der Waals surface area contributed by atoms with Gasteiger partial charge in [0.25, 0.3) is 0 Å². The van der Waals surface area contributed by atoms with Crippen LogP contribution in [0.25, 0.3) is 0 Å². The summed E-state index contributed by atoms with van der Waals surface area (Å²) in [6.07, 6.45) is 7.97. The summed E-state index contributed by atoms with van der Waals surface area (Å²) in [7, 11) is 0. The van der Waals surface area contributed by atoms with Gasteiger partial charge in [-0.3, -0.25) is 0 Å². The molecule has 0 atom stereocenters. The van der Waals surface area contributed by atoms with E-state index in [1.807, 2.05) is 24.3 Å². The SMILES string of the molecule is N#Cc1ccc(OC[C@H]2CC[C@H](CCCBr)CC2)cc1. The van der Waals surface area contributed by atoms with Crippen LogP contribution in [0.15, 0.2) is 24.3 Å². The number of benzene rings is 1. The van der Waals surface area contributed by atoms with Gasteiger partial charge in [0.1, 0.15) is 5.75 Å². The number of nitriles is 1. The van der Waals surface area contributed by atoms with Crippen molar-refractivity contribution in [1.82, 2.24) is 0 Å². The van der Waals surface area contributed by atoms with Crippen LogP contribution in [0.1, 0.15) is 44.1 Å². The summed E-state index contributed by atoms with van der Waals surface area (Å²) in [6, 6.07) is 9.52. The molecule has 1 fully saturated rings. The van der Waals surface area contributed by atoms with Crippen LogP contribution < -0.4 is 4.74 Å². The Labute approximate surface area is 130 Å². The van der Waals surface area contributed by atoms with Gasteiger partial charge >= 0.3 is 0 Å². The summed E-state index contributed by atoms with van der Waals surface area (Å²) in [5.74, 6) is 2.51. The molecule has 1 aliphatic carbocycles. The zero-order valence-electron chi connectivity index (χ0n) is 11.9. The second-order valence-corrected chi connectivity index (χ2v) is 6.46. The predicted molar refractivity (Wildman–Crippen MR) is 85.1 cm³/mol. The maximum Gasteiger partial charge on any atom is 0.119 e. The average molecular weight is 336 g/mol. The quantitative estimate of drug-likeness (QED) is 0.691. The normalized spacial score (nSPS) is 22.2. The molecule has 0 heterocycles. The minimum absolute atomic E-state index is 0.685. The van der Waals surface area contributed by atoms with Crippen LogP contribution in [-0.2, 0) is 0 Å². The molecule has 1 aromatic rings. The van der Waals surface area contributed by atoms with Gasteiger partial charge in [0.15, 0.2) is 0 Å². The molecule has 1 saturated carbocycles. The molecular formula is C17H22BrNO. The van der Waals surface area contributed by atoms with E-state index in [1.165, 1.54) is 38.5 Å². The highest BCUT2D eigenvalue weighted by atomic mass is 79.9. The minimum Gasteiger partial charge on any atom is -0.493 e. The van der Waals surface area contributed by atoms with Crippen LogP contribution in [0.5, 0.6) is 5.75 Å².